The molecule has 6 heteroatoms. The van der Waals surface area contributed by atoms with Crippen LogP contribution in [-0.4, -0.2) is 39.3 Å². The first-order valence-corrected chi connectivity index (χ1v) is 5.82. The van der Waals surface area contributed by atoms with Gasteiger partial charge in [-0.3, -0.25) is 9.63 Å². The maximum atomic E-state index is 11.5. The number of hydrogen-bond donors (Lipinski definition) is 0. The molecule has 1 aromatic rings. The lowest BCUT2D eigenvalue weighted by Crippen LogP contribution is -2.22. The summed E-state index contributed by atoms with van der Waals surface area (Å²) in [5.41, 5.74) is 0.723. The third-order valence-electron chi connectivity index (χ3n) is 2.46. The Morgan fingerprint density at radius 3 is 2.47 bits per heavy atom. The number of ether oxygens (including phenoxy) is 2. The summed E-state index contributed by atoms with van der Waals surface area (Å²) in [4.78, 5) is 16.3. The van der Waals surface area contributed by atoms with E-state index < -0.39 is 0 Å². The number of carbonyl (C=O) groups excluding carboxylic acids is 1. The Hall–Kier alpha value is -1.72. The van der Waals surface area contributed by atoms with Gasteiger partial charge >= 0.3 is 0 Å². The van der Waals surface area contributed by atoms with Crippen LogP contribution in [0.1, 0.15) is 5.56 Å². The molecule has 0 saturated carbocycles. The molecule has 0 heterocycles. The second-order valence-corrected chi connectivity index (χ2v) is 4.00. The van der Waals surface area contributed by atoms with Crippen LogP contribution in [0.5, 0.6) is 11.5 Å². The van der Waals surface area contributed by atoms with Crippen LogP contribution in [0.25, 0.3) is 6.08 Å². The number of methoxy groups -OCH3 is 2. The molecule has 1 rings (SSSR count). The van der Waals surface area contributed by atoms with Crippen LogP contribution < -0.4 is 9.47 Å². The number of amides is 1. The first-order valence-electron chi connectivity index (χ1n) is 5.44. The van der Waals surface area contributed by atoms with Crippen LogP contribution >= 0.6 is 11.6 Å². The summed E-state index contributed by atoms with van der Waals surface area (Å²) >= 11 is 6.06. The maximum absolute atomic E-state index is 11.5. The summed E-state index contributed by atoms with van der Waals surface area (Å²) in [7, 11) is 5.97. The third kappa shape index (κ3) is 3.87. The van der Waals surface area contributed by atoms with E-state index in [2.05, 4.69) is 0 Å². The molecule has 0 radical (unpaired) electrons. The van der Waals surface area contributed by atoms with Gasteiger partial charge in [0.05, 0.1) is 26.4 Å². The number of hydrogen-bond acceptors (Lipinski definition) is 4. The molecular formula is C13H16ClNO4. The van der Waals surface area contributed by atoms with E-state index in [9.17, 15) is 4.79 Å². The number of benzene rings is 1. The summed E-state index contributed by atoms with van der Waals surface area (Å²) in [6, 6.07) is 3.40. The highest BCUT2D eigenvalue weighted by atomic mass is 35.5. The van der Waals surface area contributed by atoms with Crippen LogP contribution in [0.15, 0.2) is 18.2 Å². The molecule has 1 aromatic carbocycles. The largest absolute Gasteiger partial charge is 0.493 e. The lowest BCUT2D eigenvalue weighted by Gasteiger charge is -2.11. The molecule has 0 aliphatic rings. The quantitative estimate of drug-likeness (QED) is 0.616. The van der Waals surface area contributed by atoms with Gasteiger partial charge in [-0.15, -0.1) is 0 Å². The Morgan fingerprint density at radius 1 is 1.26 bits per heavy atom. The number of hydroxylamine groups is 2. The Labute approximate surface area is 117 Å². The molecule has 104 valence electrons. The van der Waals surface area contributed by atoms with E-state index in [1.165, 1.54) is 34.5 Å². The van der Waals surface area contributed by atoms with Gasteiger partial charge in [-0.25, -0.2) is 5.06 Å². The lowest BCUT2D eigenvalue weighted by atomic mass is 10.2. The van der Waals surface area contributed by atoms with Crippen LogP contribution in [0.3, 0.4) is 0 Å². The van der Waals surface area contributed by atoms with Gasteiger partial charge in [0.2, 0.25) is 0 Å². The normalized spacial score (nSPS) is 10.6. The summed E-state index contributed by atoms with van der Waals surface area (Å²) in [5.74, 6) is 0.678. The minimum atomic E-state index is -0.284. The fourth-order valence-corrected chi connectivity index (χ4v) is 1.69. The van der Waals surface area contributed by atoms with Gasteiger partial charge in [0, 0.05) is 13.1 Å². The summed E-state index contributed by atoms with van der Waals surface area (Å²) in [5, 5.41) is 1.52. The first kappa shape index (κ1) is 15.3. The monoisotopic (exact) mass is 285 g/mol. The number of rotatable bonds is 5. The summed E-state index contributed by atoms with van der Waals surface area (Å²) in [6.07, 6.45) is 2.99. The predicted octanol–water partition coefficient (Wildman–Crippen LogP) is 2.39. The highest BCUT2D eigenvalue weighted by Gasteiger charge is 2.10. The minimum absolute atomic E-state index is 0.284. The van der Waals surface area contributed by atoms with Gasteiger partial charge < -0.3 is 9.47 Å². The Morgan fingerprint density at radius 2 is 1.95 bits per heavy atom. The van der Waals surface area contributed by atoms with Crippen molar-refractivity contribution in [3.05, 3.63) is 28.8 Å². The lowest BCUT2D eigenvalue weighted by molar-refractivity contribution is -0.162. The van der Waals surface area contributed by atoms with E-state index in [-0.39, 0.29) is 5.91 Å². The SMILES string of the molecule is COc1cc(C=CC(=O)N(C)OC)cc(Cl)c1OC. The topological polar surface area (TPSA) is 48.0 Å². The molecule has 0 aromatic heterocycles. The van der Waals surface area contributed by atoms with E-state index in [0.29, 0.717) is 16.5 Å². The molecule has 5 nitrogen and oxygen atoms in total. The first-order chi connectivity index (χ1) is 9.03. The molecule has 0 aliphatic carbocycles. The number of likely N-dealkylation sites (N-methyl/N-ethyl adjacent to an activating group) is 1. The van der Waals surface area contributed by atoms with Crippen molar-refractivity contribution >= 4 is 23.6 Å². The summed E-state index contributed by atoms with van der Waals surface area (Å²) < 4.78 is 10.3. The zero-order valence-corrected chi connectivity index (χ0v) is 12.0. The number of nitrogens with zero attached hydrogens (tertiary/aromatic N) is 1. The van der Waals surface area contributed by atoms with Crippen LogP contribution in [-0.2, 0) is 9.63 Å². The highest BCUT2D eigenvalue weighted by molar-refractivity contribution is 6.32. The van der Waals surface area contributed by atoms with E-state index in [0.717, 1.165) is 10.6 Å². The van der Waals surface area contributed by atoms with Crippen molar-refractivity contribution < 1.29 is 19.1 Å². The second kappa shape index (κ2) is 7.01. The standard InChI is InChI=1S/C13H16ClNO4/c1-15(19-4)12(16)6-5-9-7-10(14)13(18-3)11(8-9)17-2/h5-8H,1-4H3. The Balaban J connectivity index is 3.00. The average molecular weight is 286 g/mol. The third-order valence-corrected chi connectivity index (χ3v) is 2.74. The van der Waals surface area contributed by atoms with Gasteiger partial charge in [0.25, 0.3) is 5.91 Å². The van der Waals surface area contributed by atoms with Crippen molar-refractivity contribution in [2.45, 2.75) is 0 Å². The molecular weight excluding hydrogens is 270 g/mol. The molecule has 1 amide bonds. The Bertz CT molecular complexity index is 488. The number of carbonyl (C=O) groups is 1. The second-order valence-electron chi connectivity index (χ2n) is 3.59. The molecule has 0 saturated heterocycles. The van der Waals surface area contributed by atoms with Crippen molar-refractivity contribution in [3.8, 4) is 11.5 Å². The van der Waals surface area contributed by atoms with Crippen molar-refractivity contribution in [2.24, 2.45) is 0 Å². The average Bonchev–Trinajstić information content (AvgIpc) is 2.42. The van der Waals surface area contributed by atoms with E-state index >= 15 is 0 Å². The van der Waals surface area contributed by atoms with Gasteiger partial charge in [-0.1, -0.05) is 11.6 Å². The zero-order valence-electron chi connectivity index (χ0n) is 11.3. The van der Waals surface area contributed by atoms with Crippen molar-refractivity contribution in [1.82, 2.24) is 5.06 Å². The van der Waals surface area contributed by atoms with E-state index in [1.807, 2.05) is 0 Å². The maximum Gasteiger partial charge on any atom is 0.269 e. The zero-order chi connectivity index (χ0) is 14.4. The van der Waals surface area contributed by atoms with Gasteiger partial charge in [0.15, 0.2) is 11.5 Å². The molecule has 0 bridgehead atoms. The molecule has 0 aliphatic heterocycles. The van der Waals surface area contributed by atoms with Gasteiger partial charge in [0.1, 0.15) is 0 Å². The van der Waals surface area contributed by atoms with Crippen molar-refractivity contribution in [1.29, 1.82) is 0 Å². The fraction of sp³-hybridized carbons (Fsp3) is 0.308. The molecule has 0 atom stereocenters. The summed E-state index contributed by atoms with van der Waals surface area (Å²) in [6.45, 7) is 0. The smallest absolute Gasteiger partial charge is 0.269 e. The molecule has 0 fully saturated rings. The number of halogens is 1. The Kier molecular flexibility index (Phi) is 5.66. The molecule has 0 spiro atoms. The predicted molar refractivity (Wildman–Crippen MR) is 73.4 cm³/mol. The molecule has 19 heavy (non-hydrogen) atoms. The van der Waals surface area contributed by atoms with Crippen LogP contribution in [0, 0.1) is 0 Å². The highest BCUT2D eigenvalue weighted by Crippen LogP contribution is 2.36. The van der Waals surface area contributed by atoms with E-state index in [1.54, 1.807) is 18.2 Å². The van der Waals surface area contributed by atoms with Gasteiger partial charge in [-0.05, 0) is 23.8 Å². The van der Waals surface area contributed by atoms with Crippen molar-refractivity contribution in [2.75, 3.05) is 28.4 Å². The van der Waals surface area contributed by atoms with Crippen molar-refractivity contribution in [3.63, 3.8) is 0 Å². The molecule has 0 N–H and O–H groups in total. The van der Waals surface area contributed by atoms with E-state index in [4.69, 9.17) is 25.9 Å². The fourth-order valence-electron chi connectivity index (χ4n) is 1.40. The van der Waals surface area contributed by atoms with Crippen LogP contribution in [0.2, 0.25) is 5.02 Å². The molecule has 0 unspecified atom stereocenters. The van der Waals surface area contributed by atoms with Gasteiger partial charge in [-0.2, -0.15) is 0 Å². The minimum Gasteiger partial charge on any atom is -0.493 e. The van der Waals surface area contributed by atoms with Crippen LogP contribution in [0.4, 0.5) is 0 Å².